The maximum Gasteiger partial charge on any atom is 0.251 e. The summed E-state index contributed by atoms with van der Waals surface area (Å²) in [6.07, 6.45) is 8.88. The molecule has 4 aromatic heterocycles. The summed E-state index contributed by atoms with van der Waals surface area (Å²) in [5.74, 6) is 0.266. The molecule has 0 spiro atoms. The van der Waals surface area contributed by atoms with E-state index in [2.05, 4.69) is 30.5 Å². The van der Waals surface area contributed by atoms with Crippen molar-refractivity contribution in [1.29, 1.82) is 0 Å². The molecule has 0 aliphatic heterocycles. The zero-order valence-electron chi connectivity index (χ0n) is 21.2. The molecule has 1 N–H and O–H groups in total. The van der Waals surface area contributed by atoms with Gasteiger partial charge in [0.1, 0.15) is 18.0 Å². The second-order valence-corrected chi connectivity index (χ2v) is 9.79. The molecule has 0 unspecified atom stereocenters. The van der Waals surface area contributed by atoms with Crippen LogP contribution >= 0.6 is 11.6 Å². The average molecular weight is 553 g/mol. The molecule has 11 heteroatoms. The lowest BCUT2D eigenvalue weighted by Crippen LogP contribution is -2.27. The summed E-state index contributed by atoms with van der Waals surface area (Å²) < 4.78 is 16.8. The van der Waals surface area contributed by atoms with Gasteiger partial charge in [0.2, 0.25) is 0 Å². The standard InChI is InChI=1S/C29H22ClFN8O/c1-18-10-21(15-32-14-18)25-16-33-29(35-25)27(11-19-2-5-23(31)6-3-19)38-9-8-20(12-28(38)40)24-13-22(30)4-7-26(24)39-17-34-36-37-39/h2-10,12-17,27H,11H2,1H3,(H,33,35)/t27-/m0/s1. The molecule has 0 aliphatic rings. The number of hydrogen-bond acceptors (Lipinski definition) is 6. The molecule has 198 valence electrons. The number of H-pyrrole nitrogens is 1. The molecule has 0 aliphatic carbocycles. The minimum atomic E-state index is -0.489. The lowest BCUT2D eigenvalue weighted by atomic mass is 10.0. The molecule has 0 saturated carbocycles. The molecule has 0 amide bonds. The van der Waals surface area contributed by atoms with Crippen LogP contribution in [0.25, 0.3) is 28.1 Å². The van der Waals surface area contributed by atoms with Gasteiger partial charge in [0, 0.05) is 47.2 Å². The molecule has 6 rings (SSSR count). The Hall–Kier alpha value is -4.96. The normalized spacial score (nSPS) is 12.0. The van der Waals surface area contributed by atoms with Crippen LogP contribution in [0.5, 0.6) is 0 Å². The summed E-state index contributed by atoms with van der Waals surface area (Å²) in [6.45, 7) is 1.97. The van der Waals surface area contributed by atoms with E-state index < -0.39 is 6.04 Å². The first-order valence-corrected chi connectivity index (χ1v) is 12.8. The molecule has 40 heavy (non-hydrogen) atoms. The first-order valence-electron chi connectivity index (χ1n) is 12.4. The number of tetrazole rings is 1. The number of hydrogen-bond donors (Lipinski definition) is 1. The highest BCUT2D eigenvalue weighted by molar-refractivity contribution is 6.31. The van der Waals surface area contributed by atoms with Gasteiger partial charge in [0.15, 0.2) is 0 Å². The Morgan fingerprint density at radius 2 is 1.85 bits per heavy atom. The fourth-order valence-corrected chi connectivity index (χ4v) is 4.82. The van der Waals surface area contributed by atoms with Gasteiger partial charge in [-0.05, 0) is 76.5 Å². The Morgan fingerprint density at radius 3 is 2.60 bits per heavy atom. The second kappa shape index (κ2) is 10.7. The van der Waals surface area contributed by atoms with Crippen LogP contribution in [0.15, 0.2) is 96.6 Å². The number of nitrogens with one attached hydrogen (secondary N) is 1. The van der Waals surface area contributed by atoms with E-state index in [9.17, 15) is 9.18 Å². The van der Waals surface area contributed by atoms with Crippen LogP contribution in [0.3, 0.4) is 0 Å². The van der Waals surface area contributed by atoms with Crippen molar-refractivity contribution >= 4 is 11.6 Å². The van der Waals surface area contributed by atoms with Crippen molar-refractivity contribution in [2.45, 2.75) is 19.4 Å². The average Bonchev–Trinajstić information content (AvgIpc) is 3.66. The lowest BCUT2D eigenvalue weighted by Gasteiger charge is -2.19. The molecule has 2 aromatic carbocycles. The number of halogens is 2. The van der Waals surface area contributed by atoms with Crippen LogP contribution in [0.4, 0.5) is 4.39 Å². The van der Waals surface area contributed by atoms with Crippen molar-refractivity contribution in [2.75, 3.05) is 0 Å². The summed E-state index contributed by atoms with van der Waals surface area (Å²) in [7, 11) is 0. The topological polar surface area (TPSA) is 107 Å². The molecule has 0 fully saturated rings. The highest BCUT2D eigenvalue weighted by Gasteiger charge is 2.21. The van der Waals surface area contributed by atoms with Crippen LogP contribution in [0.2, 0.25) is 5.02 Å². The highest BCUT2D eigenvalue weighted by atomic mass is 35.5. The molecule has 0 radical (unpaired) electrons. The molecule has 0 bridgehead atoms. The molecule has 4 heterocycles. The predicted octanol–water partition coefficient (Wildman–Crippen LogP) is 5.21. The fraction of sp³-hybridized carbons (Fsp3) is 0.103. The maximum absolute atomic E-state index is 13.6. The van der Waals surface area contributed by atoms with Gasteiger partial charge in [-0.3, -0.25) is 9.78 Å². The lowest BCUT2D eigenvalue weighted by molar-refractivity contribution is 0.536. The van der Waals surface area contributed by atoms with Gasteiger partial charge < -0.3 is 9.55 Å². The largest absolute Gasteiger partial charge is 0.340 e. The van der Waals surface area contributed by atoms with Crippen LogP contribution < -0.4 is 5.56 Å². The number of aromatic amines is 1. The van der Waals surface area contributed by atoms with Crippen LogP contribution in [0, 0.1) is 12.7 Å². The SMILES string of the molecule is Cc1cncc(-c2cnc([C@H](Cc3ccc(F)cc3)n3ccc(-c4cc(Cl)ccc4-n4cnnn4)cc3=O)[nH]2)c1. The molecule has 9 nitrogen and oxygen atoms in total. The van der Waals surface area contributed by atoms with Crippen molar-refractivity contribution in [3.05, 3.63) is 130 Å². The van der Waals surface area contributed by atoms with E-state index in [0.717, 1.165) is 22.4 Å². The minimum absolute atomic E-state index is 0.248. The number of pyridine rings is 2. The van der Waals surface area contributed by atoms with E-state index >= 15 is 0 Å². The van der Waals surface area contributed by atoms with E-state index in [1.54, 1.807) is 65.8 Å². The summed E-state index contributed by atoms with van der Waals surface area (Å²) >= 11 is 6.31. The third kappa shape index (κ3) is 5.16. The Balaban J connectivity index is 1.42. The summed E-state index contributed by atoms with van der Waals surface area (Å²) in [5, 5.41) is 11.9. The van der Waals surface area contributed by atoms with Crippen molar-refractivity contribution in [2.24, 2.45) is 0 Å². The first kappa shape index (κ1) is 25.3. The van der Waals surface area contributed by atoms with Crippen LogP contribution in [-0.2, 0) is 6.42 Å². The van der Waals surface area contributed by atoms with Gasteiger partial charge in [-0.2, -0.15) is 4.68 Å². The molecule has 0 saturated heterocycles. The quantitative estimate of drug-likeness (QED) is 0.291. The Labute approximate surface area is 233 Å². The third-order valence-corrected chi connectivity index (χ3v) is 6.82. The van der Waals surface area contributed by atoms with Gasteiger partial charge in [0.05, 0.1) is 23.6 Å². The van der Waals surface area contributed by atoms with Crippen molar-refractivity contribution in [3.8, 4) is 28.1 Å². The first-order chi connectivity index (χ1) is 19.4. The highest BCUT2D eigenvalue weighted by Crippen LogP contribution is 2.30. The Kier molecular flexibility index (Phi) is 6.75. The van der Waals surface area contributed by atoms with Gasteiger partial charge in [-0.15, -0.1) is 5.10 Å². The smallest absolute Gasteiger partial charge is 0.251 e. The van der Waals surface area contributed by atoms with Crippen molar-refractivity contribution < 1.29 is 4.39 Å². The number of nitrogens with zero attached hydrogens (tertiary/aromatic N) is 7. The van der Waals surface area contributed by atoms with Gasteiger partial charge >= 0.3 is 0 Å². The van der Waals surface area contributed by atoms with E-state index in [1.165, 1.54) is 23.1 Å². The predicted molar refractivity (Wildman–Crippen MR) is 149 cm³/mol. The number of benzene rings is 2. The molecular formula is C29H22ClFN8O. The number of aromatic nitrogens is 8. The van der Waals surface area contributed by atoms with E-state index in [-0.39, 0.29) is 11.4 Å². The second-order valence-electron chi connectivity index (χ2n) is 9.36. The third-order valence-electron chi connectivity index (χ3n) is 6.59. The fourth-order valence-electron chi connectivity index (χ4n) is 4.65. The number of imidazole rings is 1. The Morgan fingerprint density at radius 1 is 1.00 bits per heavy atom. The summed E-state index contributed by atoms with van der Waals surface area (Å²) in [5.41, 5.74) is 5.33. The van der Waals surface area contributed by atoms with Gasteiger partial charge in [0.25, 0.3) is 5.56 Å². The molecule has 6 aromatic rings. The zero-order valence-corrected chi connectivity index (χ0v) is 22.0. The van der Waals surface area contributed by atoms with Gasteiger partial charge in [-0.25, -0.2) is 9.37 Å². The zero-order chi connectivity index (χ0) is 27.6. The number of rotatable bonds is 7. The van der Waals surface area contributed by atoms with Crippen molar-refractivity contribution in [3.63, 3.8) is 0 Å². The molecule has 1 atom stereocenters. The number of aryl methyl sites for hydroxylation is 1. The van der Waals surface area contributed by atoms with Crippen molar-refractivity contribution in [1.82, 2.24) is 39.7 Å². The monoisotopic (exact) mass is 552 g/mol. The van der Waals surface area contributed by atoms with E-state index in [0.29, 0.717) is 34.1 Å². The summed E-state index contributed by atoms with van der Waals surface area (Å²) in [4.78, 5) is 25.9. The maximum atomic E-state index is 13.6. The van der Waals surface area contributed by atoms with E-state index in [4.69, 9.17) is 11.6 Å². The van der Waals surface area contributed by atoms with E-state index in [1.807, 2.05) is 19.1 Å². The minimum Gasteiger partial charge on any atom is -0.340 e. The Bertz CT molecular complexity index is 1850. The summed E-state index contributed by atoms with van der Waals surface area (Å²) in [6, 6.07) is 16.4. The van der Waals surface area contributed by atoms with Gasteiger partial charge in [-0.1, -0.05) is 23.7 Å². The molecular weight excluding hydrogens is 531 g/mol. The van der Waals surface area contributed by atoms with Crippen LogP contribution in [0.1, 0.15) is 23.0 Å². The van der Waals surface area contributed by atoms with Crippen LogP contribution in [-0.4, -0.2) is 39.7 Å².